The Labute approximate surface area is 300 Å². The predicted octanol–water partition coefficient (Wildman–Crippen LogP) is 10.9. The van der Waals surface area contributed by atoms with E-state index in [0.29, 0.717) is 40.4 Å². The SMILES string of the molecule is CCCCCCCCCCCCCCCCCCOc1ccc(C(=O)C(C(=O)Nc2ccccc2OC)n2nnc3c(Br)cccc32)cc1. The number of carbonyl (C=O) groups excluding carboxylic acids is 2. The van der Waals surface area contributed by atoms with Gasteiger partial charge in [0.15, 0.2) is 11.8 Å². The van der Waals surface area contributed by atoms with Gasteiger partial charge in [0.2, 0.25) is 0 Å². The molecule has 1 aromatic heterocycles. The summed E-state index contributed by atoms with van der Waals surface area (Å²) in [5.41, 5.74) is 1.94. The summed E-state index contributed by atoms with van der Waals surface area (Å²) in [6, 6.07) is 18.2. The minimum Gasteiger partial charge on any atom is -0.495 e. The van der Waals surface area contributed by atoms with Crippen molar-refractivity contribution < 1.29 is 19.1 Å². The molecule has 0 radical (unpaired) electrons. The topological polar surface area (TPSA) is 95.3 Å². The minimum absolute atomic E-state index is 0.369. The fraction of sp³-hybridized carbons (Fsp3) is 0.500. The fourth-order valence-corrected chi connectivity index (χ4v) is 6.56. The quantitative estimate of drug-likeness (QED) is 0.0438. The highest BCUT2D eigenvalue weighted by Gasteiger charge is 2.33. The number of ketones is 1. The molecule has 0 aliphatic carbocycles. The molecule has 3 aromatic carbocycles. The van der Waals surface area contributed by atoms with Gasteiger partial charge in [0.1, 0.15) is 17.0 Å². The monoisotopic (exact) mass is 732 g/mol. The molecule has 0 saturated heterocycles. The van der Waals surface area contributed by atoms with Crippen LogP contribution in [0.4, 0.5) is 5.69 Å². The number of fused-ring (bicyclic) bond motifs is 1. The van der Waals surface area contributed by atoms with Gasteiger partial charge in [-0.2, -0.15) is 0 Å². The second kappa shape index (κ2) is 21.4. The molecule has 0 aliphatic rings. The van der Waals surface area contributed by atoms with Crippen LogP contribution in [0.15, 0.2) is 71.2 Å². The molecule has 0 bridgehead atoms. The summed E-state index contributed by atoms with van der Waals surface area (Å²) in [4.78, 5) is 27.7. The Morgan fingerprint density at radius 1 is 0.755 bits per heavy atom. The maximum Gasteiger partial charge on any atom is 0.257 e. The number of halogens is 1. The normalized spacial score (nSPS) is 11.8. The van der Waals surface area contributed by atoms with Gasteiger partial charge in [-0.15, -0.1) is 5.10 Å². The van der Waals surface area contributed by atoms with Crippen molar-refractivity contribution in [3.8, 4) is 11.5 Å². The van der Waals surface area contributed by atoms with Crippen LogP contribution in [0, 0.1) is 0 Å². The molecular formula is C40H53BrN4O4. The summed E-state index contributed by atoms with van der Waals surface area (Å²) in [5, 5.41) is 11.3. The summed E-state index contributed by atoms with van der Waals surface area (Å²) in [5.74, 6) is 0.218. The lowest BCUT2D eigenvalue weighted by Gasteiger charge is -2.18. The van der Waals surface area contributed by atoms with Crippen LogP contribution in [0.25, 0.3) is 11.0 Å². The van der Waals surface area contributed by atoms with Gasteiger partial charge in [-0.05, 0) is 70.9 Å². The molecule has 0 spiro atoms. The average Bonchev–Trinajstić information content (AvgIpc) is 3.55. The van der Waals surface area contributed by atoms with Crippen LogP contribution >= 0.6 is 15.9 Å². The summed E-state index contributed by atoms with van der Waals surface area (Å²) < 4.78 is 13.5. The summed E-state index contributed by atoms with van der Waals surface area (Å²) >= 11 is 3.49. The number of anilines is 1. The second-order valence-corrected chi connectivity index (χ2v) is 13.6. The highest BCUT2D eigenvalue weighted by molar-refractivity contribution is 9.10. The summed E-state index contributed by atoms with van der Waals surface area (Å²) in [6.07, 6.45) is 21.3. The predicted molar refractivity (Wildman–Crippen MR) is 202 cm³/mol. The van der Waals surface area contributed by atoms with Crippen molar-refractivity contribution >= 4 is 44.3 Å². The molecule has 0 fully saturated rings. The lowest BCUT2D eigenvalue weighted by atomic mass is 10.0. The first-order valence-corrected chi connectivity index (χ1v) is 19.0. The molecule has 1 amide bonds. The molecule has 8 nitrogen and oxygen atoms in total. The molecule has 264 valence electrons. The van der Waals surface area contributed by atoms with Crippen molar-refractivity contribution in [2.75, 3.05) is 19.0 Å². The number of hydrogen-bond acceptors (Lipinski definition) is 6. The van der Waals surface area contributed by atoms with Gasteiger partial charge in [0.05, 0.1) is 24.9 Å². The lowest BCUT2D eigenvalue weighted by molar-refractivity contribution is -0.118. The van der Waals surface area contributed by atoms with E-state index in [0.717, 1.165) is 17.3 Å². The van der Waals surface area contributed by atoms with Gasteiger partial charge in [-0.3, -0.25) is 9.59 Å². The lowest BCUT2D eigenvalue weighted by Crippen LogP contribution is -2.33. The number of aromatic nitrogens is 3. The molecule has 9 heteroatoms. The average molecular weight is 734 g/mol. The molecule has 1 unspecified atom stereocenters. The van der Waals surface area contributed by atoms with E-state index in [9.17, 15) is 9.59 Å². The third kappa shape index (κ3) is 12.0. The van der Waals surface area contributed by atoms with E-state index in [1.807, 2.05) is 18.2 Å². The van der Waals surface area contributed by atoms with Crippen molar-refractivity contribution in [3.05, 3.63) is 76.8 Å². The van der Waals surface area contributed by atoms with Crippen LogP contribution < -0.4 is 14.8 Å². The molecule has 1 N–H and O–H groups in total. The molecular weight excluding hydrogens is 680 g/mol. The van der Waals surface area contributed by atoms with E-state index in [1.54, 1.807) is 48.5 Å². The third-order valence-corrected chi connectivity index (χ3v) is 9.60. The van der Waals surface area contributed by atoms with Gasteiger partial charge >= 0.3 is 0 Å². The summed E-state index contributed by atoms with van der Waals surface area (Å²) in [7, 11) is 1.53. The molecule has 49 heavy (non-hydrogen) atoms. The van der Waals surface area contributed by atoms with Crippen molar-refractivity contribution in [1.29, 1.82) is 0 Å². The van der Waals surface area contributed by atoms with E-state index >= 15 is 0 Å². The van der Waals surface area contributed by atoms with Crippen LogP contribution in [-0.2, 0) is 4.79 Å². The zero-order valence-electron chi connectivity index (χ0n) is 29.3. The molecule has 4 aromatic rings. The Morgan fingerprint density at radius 2 is 1.35 bits per heavy atom. The number of Topliss-reactive ketones (excluding diaryl/α,β-unsaturated/α-hetero) is 1. The van der Waals surface area contributed by atoms with Gasteiger partial charge in [0, 0.05) is 10.0 Å². The number of nitrogens with one attached hydrogen (secondary N) is 1. The number of unbranched alkanes of at least 4 members (excludes halogenated alkanes) is 15. The van der Waals surface area contributed by atoms with E-state index in [2.05, 4.69) is 38.5 Å². The van der Waals surface area contributed by atoms with Crippen LogP contribution in [-0.4, -0.2) is 40.4 Å². The summed E-state index contributed by atoms with van der Waals surface area (Å²) in [6.45, 7) is 2.91. The molecule has 1 atom stereocenters. The Hall–Kier alpha value is -3.72. The van der Waals surface area contributed by atoms with Gasteiger partial charge in [0.25, 0.3) is 5.91 Å². The Morgan fingerprint density at radius 3 is 1.96 bits per heavy atom. The number of carbonyl (C=O) groups is 2. The van der Waals surface area contributed by atoms with Crippen molar-refractivity contribution in [3.63, 3.8) is 0 Å². The zero-order chi connectivity index (χ0) is 34.7. The van der Waals surface area contributed by atoms with Crippen LogP contribution in [0.3, 0.4) is 0 Å². The second-order valence-electron chi connectivity index (χ2n) is 12.8. The number of ether oxygens (including phenoxy) is 2. The number of para-hydroxylation sites is 2. The van der Waals surface area contributed by atoms with Crippen LogP contribution in [0.2, 0.25) is 0 Å². The van der Waals surface area contributed by atoms with Gasteiger partial charge < -0.3 is 14.8 Å². The zero-order valence-corrected chi connectivity index (χ0v) is 30.9. The number of rotatable bonds is 24. The van der Waals surface area contributed by atoms with E-state index in [-0.39, 0.29) is 0 Å². The highest BCUT2D eigenvalue weighted by atomic mass is 79.9. The standard InChI is InChI=1S/C40H53BrN4O4/c1-3-4-5-6-7-8-9-10-11-12-13-14-15-16-17-20-30-49-32-28-26-31(27-29-32)39(46)38(40(47)42-34-23-18-19-25-36(34)48-2)45-35-24-21-22-33(41)37(35)43-44-45/h18-19,21-29,38H,3-17,20,30H2,1-2H3,(H,42,47). The first-order chi connectivity index (χ1) is 24.0. The minimum atomic E-state index is -1.30. The van der Waals surface area contributed by atoms with E-state index < -0.39 is 17.7 Å². The third-order valence-electron chi connectivity index (χ3n) is 8.96. The molecule has 0 aliphatic heterocycles. The maximum absolute atomic E-state index is 14.0. The van der Waals surface area contributed by atoms with Gasteiger partial charge in [-0.1, -0.05) is 127 Å². The fourth-order valence-electron chi connectivity index (χ4n) is 6.12. The largest absolute Gasteiger partial charge is 0.495 e. The number of methoxy groups -OCH3 is 1. The first kappa shape index (κ1) is 38.1. The van der Waals surface area contributed by atoms with E-state index in [1.165, 1.54) is 102 Å². The number of nitrogens with zero attached hydrogens (tertiary/aromatic N) is 3. The highest BCUT2D eigenvalue weighted by Crippen LogP contribution is 2.29. The first-order valence-electron chi connectivity index (χ1n) is 18.2. The van der Waals surface area contributed by atoms with Crippen LogP contribution in [0.1, 0.15) is 126 Å². The molecule has 0 saturated carbocycles. The number of benzene rings is 3. The van der Waals surface area contributed by atoms with Crippen molar-refractivity contribution in [1.82, 2.24) is 15.0 Å². The van der Waals surface area contributed by atoms with E-state index in [4.69, 9.17) is 9.47 Å². The van der Waals surface area contributed by atoms with Gasteiger partial charge in [-0.25, -0.2) is 4.68 Å². The Bertz CT molecular complexity index is 1570. The van der Waals surface area contributed by atoms with Crippen molar-refractivity contribution in [2.45, 2.75) is 116 Å². The smallest absolute Gasteiger partial charge is 0.257 e. The molecule has 4 rings (SSSR count). The van der Waals surface area contributed by atoms with Crippen LogP contribution in [0.5, 0.6) is 11.5 Å². The number of amides is 1. The number of hydrogen-bond donors (Lipinski definition) is 1. The maximum atomic E-state index is 14.0. The van der Waals surface area contributed by atoms with Crippen molar-refractivity contribution in [2.24, 2.45) is 0 Å². The molecule has 1 heterocycles. The Balaban J connectivity index is 1.21. The Kier molecular flexibility index (Phi) is 16.6.